The first-order valence-electron chi connectivity index (χ1n) is 7.73. The SMILES string of the molecule is O=[N+]([O-])c1cnc(N=Nc2ccc(-c3ccc(NCCO)cc3)cc2)s1. The van der Waals surface area contributed by atoms with Crippen LogP contribution in [0.5, 0.6) is 0 Å². The lowest BCUT2D eigenvalue weighted by Crippen LogP contribution is -2.04. The van der Waals surface area contributed by atoms with Gasteiger partial charge in [0.2, 0.25) is 5.13 Å². The molecule has 0 saturated carbocycles. The van der Waals surface area contributed by atoms with E-state index >= 15 is 0 Å². The molecule has 0 spiro atoms. The number of nitrogens with zero attached hydrogens (tertiary/aromatic N) is 4. The number of nitro groups is 1. The highest BCUT2D eigenvalue weighted by molar-refractivity contribution is 7.18. The van der Waals surface area contributed by atoms with Crippen LogP contribution in [0.1, 0.15) is 0 Å². The average Bonchev–Trinajstić information content (AvgIpc) is 3.15. The molecular weight excluding hydrogens is 354 g/mol. The lowest BCUT2D eigenvalue weighted by molar-refractivity contribution is -0.380. The van der Waals surface area contributed by atoms with Crippen molar-refractivity contribution in [3.8, 4) is 11.1 Å². The van der Waals surface area contributed by atoms with Gasteiger partial charge in [-0.3, -0.25) is 10.1 Å². The quantitative estimate of drug-likeness (QED) is 0.361. The van der Waals surface area contributed by atoms with Gasteiger partial charge in [0.15, 0.2) is 0 Å². The van der Waals surface area contributed by atoms with Crippen LogP contribution in [0, 0.1) is 10.1 Å². The van der Waals surface area contributed by atoms with Gasteiger partial charge in [-0.1, -0.05) is 24.3 Å². The number of anilines is 1. The van der Waals surface area contributed by atoms with Gasteiger partial charge in [0, 0.05) is 12.2 Å². The summed E-state index contributed by atoms with van der Waals surface area (Å²) in [5.74, 6) is 0. The Morgan fingerprint density at radius 1 is 1.08 bits per heavy atom. The fourth-order valence-electron chi connectivity index (χ4n) is 2.19. The maximum atomic E-state index is 10.6. The van der Waals surface area contributed by atoms with Crippen LogP contribution in [0.3, 0.4) is 0 Å². The van der Waals surface area contributed by atoms with Gasteiger partial charge < -0.3 is 10.4 Å². The number of rotatable bonds is 7. The number of aliphatic hydroxyl groups excluding tert-OH is 1. The number of nitrogens with one attached hydrogen (secondary N) is 1. The zero-order valence-corrected chi connectivity index (χ0v) is 14.4. The van der Waals surface area contributed by atoms with Crippen LogP contribution in [0.2, 0.25) is 0 Å². The van der Waals surface area contributed by atoms with E-state index in [4.69, 9.17) is 5.11 Å². The highest BCUT2D eigenvalue weighted by atomic mass is 32.1. The van der Waals surface area contributed by atoms with Gasteiger partial charge in [-0.05, 0) is 46.7 Å². The van der Waals surface area contributed by atoms with Gasteiger partial charge in [0.1, 0.15) is 6.20 Å². The van der Waals surface area contributed by atoms with E-state index in [-0.39, 0.29) is 16.7 Å². The molecule has 2 aromatic carbocycles. The predicted octanol–water partition coefficient (Wildman–Crippen LogP) is 4.54. The van der Waals surface area contributed by atoms with E-state index in [9.17, 15) is 10.1 Å². The zero-order chi connectivity index (χ0) is 18.4. The fourth-order valence-corrected chi connectivity index (χ4v) is 2.74. The number of aliphatic hydroxyl groups is 1. The first kappa shape index (κ1) is 17.6. The summed E-state index contributed by atoms with van der Waals surface area (Å²) >= 11 is 0.875. The lowest BCUT2D eigenvalue weighted by Gasteiger charge is -2.06. The maximum absolute atomic E-state index is 10.6. The second kappa shape index (κ2) is 8.28. The van der Waals surface area contributed by atoms with E-state index in [2.05, 4.69) is 20.5 Å². The van der Waals surface area contributed by atoms with Gasteiger partial charge in [-0.2, -0.15) is 0 Å². The minimum Gasteiger partial charge on any atom is -0.395 e. The number of benzene rings is 2. The average molecular weight is 369 g/mol. The Labute approximate surface area is 153 Å². The molecule has 9 heteroatoms. The molecule has 0 bridgehead atoms. The topological polar surface area (TPSA) is 113 Å². The number of aromatic nitrogens is 1. The molecule has 0 atom stereocenters. The van der Waals surface area contributed by atoms with Gasteiger partial charge >= 0.3 is 5.00 Å². The molecule has 3 rings (SSSR count). The third kappa shape index (κ3) is 4.47. The summed E-state index contributed by atoms with van der Waals surface area (Å²) in [6.07, 6.45) is 1.17. The number of hydrogen-bond donors (Lipinski definition) is 2. The van der Waals surface area contributed by atoms with Crippen molar-refractivity contribution in [2.45, 2.75) is 0 Å². The highest BCUT2D eigenvalue weighted by Gasteiger charge is 2.10. The third-order valence-electron chi connectivity index (χ3n) is 3.44. The Morgan fingerprint density at radius 3 is 2.31 bits per heavy atom. The molecule has 0 amide bonds. The Hall–Kier alpha value is -3.17. The number of thiazole rings is 1. The van der Waals surface area contributed by atoms with Crippen molar-refractivity contribution in [2.75, 3.05) is 18.5 Å². The van der Waals surface area contributed by atoms with Gasteiger partial charge in [0.05, 0.1) is 17.2 Å². The zero-order valence-electron chi connectivity index (χ0n) is 13.6. The van der Waals surface area contributed by atoms with Gasteiger partial charge in [-0.25, -0.2) is 4.98 Å². The molecule has 2 N–H and O–H groups in total. The predicted molar refractivity (Wildman–Crippen MR) is 100 cm³/mol. The van der Waals surface area contributed by atoms with Crippen molar-refractivity contribution < 1.29 is 10.0 Å². The molecule has 1 aromatic heterocycles. The van der Waals surface area contributed by atoms with Crippen LogP contribution in [-0.4, -0.2) is 28.2 Å². The molecule has 0 aliphatic rings. The molecule has 3 aromatic rings. The Balaban J connectivity index is 1.67. The molecule has 0 aliphatic heterocycles. The summed E-state index contributed by atoms with van der Waals surface area (Å²) in [5.41, 5.74) is 3.67. The Morgan fingerprint density at radius 2 is 1.73 bits per heavy atom. The lowest BCUT2D eigenvalue weighted by atomic mass is 10.1. The van der Waals surface area contributed by atoms with E-state index < -0.39 is 4.92 Å². The van der Waals surface area contributed by atoms with Crippen molar-refractivity contribution in [1.82, 2.24) is 4.98 Å². The molecule has 132 valence electrons. The van der Waals surface area contributed by atoms with Crippen LogP contribution < -0.4 is 5.32 Å². The van der Waals surface area contributed by atoms with Crippen LogP contribution in [0.4, 0.5) is 21.5 Å². The third-order valence-corrected chi connectivity index (χ3v) is 4.27. The summed E-state index contributed by atoms with van der Waals surface area (Å²) in [7, 11) is 0. The summed E-state index contributed by atoms with van der Waals surface area (Å²) < 4.78 is 0. The smallest absolute Gasteiger partial charge is 0.345 e. The van der Waals surface area contributed by atoms with E-state index in [0.29, 0.717) is 12.2 Å². The summed E-state index contributed by atoms with van der Waals surface area (Å²) in [4.78, 5) is 14.0. The molecule has 0 unspecified atom stereocenters. The van der Waals surface area contributed by atoms with Gasteiger partial charge in [-0.15, -0.1) is 10.2 Å². The largest absolute Gasteiger partial charge is 0.395 e. The Kier molecular flexibility index (Phi) is 5.62. The monoisotopic (exact) mass is 369 g/mol. The molecule has 0 aliphatic carbocycles. The fraction of sp³-hybridized carbons (Fsp3) is 0.118. The minimum atomic E-state index is -0.504. The standard InChI is InChI=1S/C17H15N5O3S/c23-10-9-18-14-5-1-12(2-6-14)13-3-7-15(8-4-13)20-21-17-19-11-16(26-17)22(24)25/h1-8,11,18,23H,9-10H2. The minimum absolute atomic E-state index is 0.0637. The van der Waals surface area contributed by atoms with Crippen molar-refractivity contribution in [2.24, 2.45) is 10.2 Å². The molecule has 0 radical (unpaired) electrons. The first-order chi connectivity index (χ1) is 12.7. The summed E-state index contributed by atoms with van der Waals surface area (Å²) in [6.45, 7) is 0.605. The molecule has 8 nitrogen and oxygen atoms in total. The summed E-state index contributed by atoms with van der Waals surface area (Å²) in [6, 6.07) is 15.4. The van der Waals surface area contributed by atoms with Crippen LogP contribution >= 0.6 is 11.3 Å². The molecule has 0 saturated heterocycles. The van der Waals surface area contributed by atoms with Crippen molar-refractivity contribution in [3.05, 3.63) is 64.8 Å². The Bertz CT molecular complexity index is 907. The summed E-state index contributed by atoms with van der Waals surface area (Å²) in [5, 5.41) is 30.7. The van der Waals surface area contributed by atoms with E-state index in [1.807, 2.05) is 48.5 Å². The maximum Gasteiger partial charge on any atom is 0.345 e. The number of azo groups is 1. The van der Waals surface area contributed by atoms with E-state index in [1.165, 1.54) is 6.20 Å². The second-order valence-corrected chi connectivity index (χ2v) is 6.20. The van der Waals surface area contributed by atoms with Crippen LogP contribution in [0.15, 0.2) is 65.0 Å². The number of hydrogen-bond acceptors (Lipinski definition) is 8. The second-order valence-electron chi connectivity index (χ2n) is 5.21. The molecule has 26 heavy (non-hydrogen) atoms. The molecular formula is C17H15N5O3S. The molecule has 1 heterocycles. The first-order valence-corrected chi connectivity index (χ1v) is 8.54. The van der Waals surface area contributed by atoms with Crippen molar-refractivity contribution in [3.63, 3.8) is 0 Å². The van der Waals surface area contributed by atoms with Crippen molar-refractivity contribution in [1.29, 1.82) is 0 Å². The highest BCUT2D eigenvalue weighted by Crippen LogP contribution is 2.29. The van der Waals surface area contributed by atoms with Crippen LogP contribution in [-0.2, 0) is 0 Å². The van der Waals surface area contributed by atoms with E-state index in [1.54, 1.807) is 0 Å². The van der Waals surface area contributed by atoms with Crippen LogP contribution in [0.25, 0.3) is 11.1 Å². The normalized spacial score (nSPS) is 11.0. The van der Waals surface area contributed by atoms with Gasteiger partial charge in [0.25, 0.3) is 0 Å². The van der Waals surface area contributed by atoms with E-state index in [0.717, 1.165) is 28.2 Å². The van der Waals surface area contributed by atoms with Crippen molar-refractivity contribution >= 4 is 32.8 Å². The molecule has 0 fully saturated rings.